The first kappa shape index (κ1) is 15.5. The standard InChI is InChI=1S/C20H20N2O4/c1-24-15-10-12(11-16-17(15)26-9-8-25-16)18-20(6-7-21-18)13-4-2-3-5-14(13)22-19(20)23/h2-5,10-11,18,21H,6-9H2,1H3,(H,22,23)/t18-,20-/m1/s1. The lowest BCUT2D eigenvalue weighted by atomic mass is 9.73. The van der Waals surface area contributed by atoms with E-state index in [1.807, 2.05) is 36.4 Å². The highest BCUT2D eigenvalue weighted by Crippen LogP contribution is 2.53. The van der Waals surface area contributed by atoms with Crippen LogP contribution in [-0.2, 0) is 10.2 Å². The van der Waals surface area contributed by atoms with Crippen LogP contribution < -0.4 is 24.8 Å². The van der Waals surface area contributed by atoms with E-state index in [9.17, 15) is 4.79 Å². The molecule has 0 bridgehead atoms. The normalized spacial score (nSPS) is 25.9. The predicted molar refractivity (Wildman–Crippen MR) is 96.1 cm³/mol. The van der Waals surface area contributed by atoms with Crippen molar-refractivity contribution in [2.24, 2.45) is 0 Å². The van der Waals surface area contributed by atoms with Crippen LogP contribution in [0.5, 0.6) is 17.2 Å². The van der Waals surface area contributed by atoms with Gasteiger partial charge in [0.15, 0.2) is 11.5 Å². The molecule has 0 aromatic heterocycles. The number of methoxy groups -OCH3 is 1. The molecule has 6 nitrogen and oxygen atoms in total. The Balaban J connectivity index is 1.66. The number of amides is 1. The van der Waals surface area contributed by atoms with Crippen LogP contribution in [0.3, 0.4) is 0 Å². The molecule has 5 rings (SSSR count). The van der Waals surface area contributed by atoms with Gasteiger partial charge in [0.2, 0.25) is 11.7 Å². The summed E-state index contributed by atoms with van der Waals surface area (Å²) in [4.78, 5) is 13.0. The Labute approximate surface area is 151 Å². The van der Waals surface area contributed by atoms with E-state index in [-0.39, 0.29) is 11.9 Å². The SMILES string of the molecule is COc1cc([C@H]2NCC[C@]23C(=O)Nc2ccccc23)cc2c1OCCO2. The Morgan fingerprint density at radius 3 is 2.92 bits per heavy atom. The van der Waals surface area contributed by atoms with Gasteiger partial charge in [-0.1, -0.05) is 18.2 Å². The maximum absolute atomic E-state index is 13.0. The highest BCUT2D eigenvalue weighted by atomic mass is 16.6. The minimum Gasteiger partial charge on any atom is -0.493 e. The molecule has 2 aromatic rings. The van der Waals surface area contributed by atoms with E-state index in [0.29, 0.717) is 30.5 Å². The van der Waals surface area contributed by atoms with E-state index in [4.69, 9.17) is 14.2 Å². The first-order chi connectivity index (χ1) is 12.7. The molecule has 2 aromatic carbocycles. The Morgan fingerprint density at radius 1 is 1.19 bits per heavy atom. The summed E-state index contributed by atoms with van der Waals surface area (Å²) in [5, 5.41) is 6.58. The molecule has 0 saturated carbocycles. The molecule has 1 fully saturated rings. The van der Waals surface area contributed by atoms with Gasteiger partial charge in [0.25, 0.3) is 0 Å². The fourth-order valence-corrected chi connectivity index (χ4v) is 4.47. The summed E-state index contributed by atoms with van der Waals surface area (Å²) in [7, 11) is 1.62. The fourth-order valence-electron chi connectivity index (χ4n) is 4.47. The van der Waals surface area contributed by atoms with Crippen molar-refractivity contribution in [3.05, 3.63) is 47.5 Å². The molecule has 3 heterocycles. The first-order valence-electron chi connectivity index (χ1n) is 8.86. The van der Waals surface area contributed by atoms with Crippen molar-refractivity contribution in [1.29, 1.82) is 0 Å². The molecule has 1 amide bonds. The van der Waals surface area contributed by atoms with Crippen molar-refractivity contribution in [2.75, 3.05) is 32.2 Å². The maximum atomic E-state index is 13.0. The van der Waals surface area contributed by atoms with Crippen LogP contribution in [0.15, 0.2) is 36.4 Å². The number of para-hydroxylation sites is 1. The number of hydrogen-bond acceptors (Lipinski definition) is 5. The molecule has 0 unspecified atom stereocenters. The summed E-state index contributed by atoms with van der Waals surface area (Å²) in [6, 6.07) is 11.7. The van der Waals surface area contributed by atoms with Crippen molar-refractivity contribution in [1.82, 2.24) is 5.32 Å². The van der Waals surface area contributed by atoms with Crippen LogP contribution in [0.2, 0.25) is 0 Å². The number of ether oxygens (including phenoxy) is 3. The minimum absolute atomic E-state index is 0.0440. The number of nitrogens with one attached hydrogen (secondary N) is 2. The topological polar surface area (TPSA) is 68.8 Å². The zero-order valence-corrected chi connectivity index (χ0v) is 14.5. The van der Waals surface area contributed by atoms with Gasteiger partial charge in [0.05, 0.1) is 18.6 Å². The third kappa shape index (κ3) is 1.99. The van der Waals surface area contributed by atoms with Crippen molar-refractivity contribution >= 4 is 11.6 Å². The Hall–Kier alpha value is -2.73. The molecule has 1 saturated heterocycles. The molecular weight excluding hydrogens is 332 g/mol. The van der Waals surface area contributed by atoms with Crippen LogP contribution in [0, 0.1) is 0 Å². The highest BCUT2D eigenvalue weighted by Gasteiger charge is 2.55. The highest BCUT2D eigenvalue weighted by molar-refractivity contribution is 6.07. The van der Waals surface area contributed by atoms with E-state index < -0.39 is 5.41 Å². The molecule has 134 valence electrons. The number of benzene rings is 2. The van der Waals surface area contributed by atoms with Crippen molar-refractivity contribution in [3.8, 4) is 17.2 Å². The molecule has 2 atom stereocenters. The Bertz CT molecular complexity index is 880. The van der Waals surface area contributed by atoms with Gasteiger partial charge >= 0.3 is 0 Å². The van der Waals surface area contributed by atoms with Crippen molar-refractivity contribution < 1.29 is 19.0 Å². The number of hydrogen-bond donors (Lipinski definition) is 2. The monoisotopic (exact) mass is 352 g/mol. The molecular formula is C20H20N2O4. The molecule has 0 radical (unpaired) electrons. The fraction of sp³-hybridized carbons (Fsp3) is 0.350. The number of rotatable bonds is 2. The van der Waals surface area contributed by atoms with Gasteiger partial charge in [-0.2, -0.15) is 0 Å². The lowest BCUT2D eigenvalue weighted by Gasteiger charge is -2.31. The van der Waals surface area contributed by atoms with E-state index in [2.05, 4.69) is 10.6 Å². The van der Waals surface area contributed by atoms with Crippen LogP contribution in [0.1, 0.15) is 23.6 Å². The predicted octanol–water partition coefficient (Wildman–Crippen LogP) is 2.39. The summed E-state index contributed by atoms with van der Waals surface area (Å²) < 4.78 is 17.0. The second-order valence-corrected chi connectivity index (χ2v) is 6.86. The van der Waals surface area contributed by atoms with Crippen LogP contribution in [-0.4, -0.2) is 32.8 Å². The molecule has 2 N–H and O–H groups in total. The minimum atomic E-state index is -0.620. The average molecular weight is 352 g/mol. The lowest BCUT2D eigenvalue weighted by molar-refractivity contribution is -0.121. The van der Waals surface area contributed by atoms with Gasteiger partial charge in [0.1, 0.15) is 13.2 Å². The van der Waals surface area contributed by atoms with E-state index in [1.165, 1.54) is 0 Å². The largest absolute Gasteiger partial charge is 0.493 e. The van der Waals surface area contributed by atoms with Gasteiger partial charge in [0, 0.05) is 5.69 Å². The number of fused-ring (bicyclic) bond motifs is 3. The summed E-state index contributed by atoms with van der Waals surface area (Å²) in [5.74, 6) is 1.97. The molecule has 0 aliphatic carbocycles. The van der Waals surface area contributed by atoms with Crippen molar-refractivity contribution in [2.45, 2.75) is 17.9 Å². The molecule has 26 heavy (non-hydrogen) atoms. The van der Waals surface area contributed by atoms with Gasteiger partial charge in [-0.3, -0.25) is 4.79 Å². The number of carbonyl (C=O) groups excluding carboxylic acids is 1. The summed E-state index contributed by atoms with van der Waals surface area (Å²) in [5.41, 5.74) is 2.30. The lowest BCUT2D eigenvalue weighted by Crippen LogP contribution is -2.39. The van der Waals surface area contributed by atoms with E-state index >= 15 is 0 Å². The summed E-state index contributed by atoms with van der Waals surface area (Å²) in [6.45, 7) is 1.78. The number of anilines is 1. The summed E-state index contributed by atoms with van der Waals surface area (Å²) in [6.07, 6.45) is 0.747. The van der Waals surface area contributed by atoms with Crippen molar-refractivity contribution in [3.63, 3.8) is 0 Å². The van der Waals surface area contributed by atoms with Crippen LogP contribution >= 0.6 is 0 Å². The molecule has 6 heteroatoms. The smallest absolute Gasteiger partial charge is 0.237 e. The zero-order chi connectivity index (χ0) is 17.7. The molecule has 1 spiro atoms. The van der Waals surface area contributed by atoms with Gasteiger partial charge in [-0.15, -0.1) is 0 Å². The zero-order valence-electron chi connectivity index (χ0n) is 14.5. The third-order valence-corrected chi connectivity index (χ3v) is 5.61. The second-order valence-electron chi connectivity index (χ2n) is 6.86. The quantitative estimate of drug-likeness (QED) is 0.869. The molecule has 3 aliphatic rings. The Kier molecular flexibility index (Phi) is 3.37. The maximum Gasteiger partial charge on any atom is 0.237 e. The first-order valence-corrected chi connectivity index (χ1v) is 8.86. The average Bonchev–Trinajstić information content (AvgIpc) is 3.24. The summed E-state index contributed by atoms with van der Waals surface area (Å²) >= 11 is 0. The van der Waals surface area contributed by atoms with E-state index in [0.717, 1.165) is 29.8 Å². The molecule has 3 aliphatic heterocycles. The number of carbonyl (C=O) groups is 1. The van der Waals surface area contributed by atoms with Crippen LogP contribution in [0.25, 0.3) is 0 Å². The van der Waals surface area contributed by atoms with Gasteiger partial charge < -0.3 is 24.8 Å². The third-order valence-electron chi connectivity index (χ3n) is 5.61. The Morgan fingerprint density at radius 2 is 2.04 bits per heavy atom. The van der Waals surface area contributed by atoms with E-state index in [1.54, 1.807) is 7.11 Å². The van der Waals surface area contributed by atoms with Crippen LogP contribution in [0.4, 0.5) is 5.69 Å². The van der Waals surface area contributed by atoms with Gasteiger partial charge in [-0.25, -0.2) is 0 Å². The second kappa shape index (κ2) is 5.64. The van der Waals surface area contributed by atoms with Gasteiger partial charge in [-0.05, 0) is 42.3 Å².